The summed E-state index contributed by atoms with van der Waals surface area (Å²) in [6.45, 7) is 2.76. The Morgan fingerprint density at radius 3 is 2.42 bits per heavy atom. The van der Waals surface area contributed by atoms with E-state index in [1.807, 2.05) is 37.3 Å². The monoisotopic (exact) mass is 437 g/mol. The summed E-state index contributed by atoms with van der Waals surface area (Å²) in [6.07, 6.45) is 1.78. The van der Waals surface area contributed by atoms with Crippen LogP contribution in [0.2, 0.25) is 5.02 Å². The molecule has 0 aliphatic carbocycles. The summed E-state index contributed by atoms with van der Waals surface area (Å²) in [7, 11) is 0. The third-order valence-corrected chi connectivity index (χ3v) is 4.77. The van der Waals surface area contributed by atoms with Crippen LogP contribution < -0.4 is 10.1 Å². The number of anilines is 1. The number of benzene rings is 3. The molecular weight excluding hydrogens is 414 g/mol. The number of carbonyl (C=O) groups excluding carboxylic acids is 2. The van der Waals surface area contributed by atoms with Crippen molar-refractivity contribution in [3.8, 4) is 5.75 Å². The lowest BCUT2D eigenvalue weighted by Gasteiger charge is -2.13. The zero-order chi connectivity index (χ0) is 22.1. The van der Waals surface area contributed by atoms with E-state index < -0.39 is 0 Å². The highest BCUT2D eigenvalue weighted by Gasteiger charge is 2.15. The highest BCUT2D eigenvalue weighted by atomic mass is 35.5. The first-order chi connectivity index (χ1) is 15.1. The smallest absolute Gasteiger partial charge is 0.338 e. The number of rotatable bonds is 9. The highest BCUT2D eigenvalue weighted by Crippen LogP contribution is 2.25. The first kappa shape index (κ1) is 22.4. The van der Waals surface area contributed by atoms with E-state index in [1.165, 1.54) is 0 Å². The Balaban J connectivity index is 1.67. The van der Waals surface area contributed by atoms with Gasteiger partial charge in [-0.2, -0.15) is 0 Å². The fourth-order valence-electron chi connectivity index (χ4n) is 2.82. The summed E-state index contributed by atoms with van der Waals surface area (Å²) in [5.41, 5.74) is 2.30. The average Bonchev–Trinajstić information content (AvgIpc) is 2.79. The summed E-state index contributed by atoms with van der Waals surface area (Å²) in [4.78, 5) is 24.9. The molecule has 3 aromatic rings. The van der Waals surface area contributed by atoms with Gasteiger partial charge in [-0.1, -0.05) is 55.3 Å². The van der Waals surface area contributed by atoms with Crippen LogP contribution in [0.1, 0.15) is 46.0 Å². The fraction of sp³-hybridized carbons (Fsp3) is 0.200. The zero-order valence-corrected chi connectivity index (χ0v) is 18.0. The van der Waals surface area contributed by atoms with Crippen molar-refractivity contribution in [3.05, 3.63) is 94.5 Å². The van der Waals surface area contributed by atoms with Crippen LogP contribution in [-0.2, 0) is 11.3 Å². The van der Waals surface area contributed by atoms with E-state index in [9.17, 15) is 9.59 Å². The van der Waals surface area contributed by atoms with E-state index in [4.69, 9.17) is 21.1 Å². The predicted molar refractivity (Wildman–Crippen MR) is 122 cm³/mol. The van der Waals surface area contributed by atoms with Gasteiger partial charge >= 0.3 is 5.97 Å². The molecule has 3 rings (SSSR count). The molecule has 0 spiro atoms. The average molecular weight is 438 g/mol. The van der Waals surface area contributed by atoms with Crippen LogP contribution in [0, 0.1) is 0 Å². The zero-order valence-electron chi connectivity index (χ0n) is 17.3. The molecule has 0 unspecified atom stereocenters. The van der Waals surface area contributed by atoms with Gasteiger partial charge in [0.15, 0.2) is 0 Å². The first-order valence-electron chi connectivity index (χ1n) is 10.1. The van der Waals surface area contributed by atoms with E-state index in [0.29, 0.717) is 40.8 Å². The number of hydrogen-bond donors (Lipinski definition) is 1. The molecule has 5 nitrogen and oxygen atoms in total. The Bertz CT molecular complexity index is 1020. The molecule has 0 fully saturated rings. The van der Waals surface area contributed by atoms with Gasteiger partial charge in [0.05, 0.1) is 17.7 Å². The van der Waals surface area contributed by atoms with Crippen molar-refractivity contribution in [3.63, 3.8) is 0 Å². The SMILES string of the molecule is CCCCOC(=O)c1ccc(NC(=O)c2cc(Cl)ccc2OCc2ccccc2)cc1. The number of esters is 1. The maximum Gasteiger partial charge on any atom is 0.338 e. The topological polar surface area (TPSA) is 64.6 Å². The van der Waals surface area contributed by atoms with Gasteiger partial charge in [0.2, 0.25) is 0 Å². The lowest BCUT2D eigenvalue weighted by Crippen LogP contribution is -2.14. The van der Waals surface area contributed by atoms with Crippen LogP contribution >= 0.6 is 11.6 Å². The van der Waals surface area contributed by atoms with Crippen molar-refractivity contribution in [2.24, 2.45) is 0 Å². The molecule has 0 saturated heterocycles. The maximum absolute atomic E-state index is 12.9. The van der Waals surface area contributed by atoms with Crippen molar-refractivity contribution >= 4 is 29.2 Å². The molecule has 0 aliphatic rings. The number of amides is 1. The van der Waals surface area contributed by atoms with Gasteiger partial charge in [0, 0.05) is 10.7 Å². The van der Waals surface area contributed by atoms with Crippen LogP contribution in [0.15, 0.2) is 72.8 Å². The minimum atomic E-state index is -0.377. The van der Waals surface area contributed by atoms with Gasteiger partial charge in [-0.25, -0.2) is 4.79 Å². The maximum atomic E-state index is 12.9. The highest BCUT2D eigenvalue weighted by molar-refractivity contribution is 6.31. The minimum absolute atomic E-state index is 0.325. The molecule has 0 heterocycles. The Morgan fingerprint density at radius 2 is 1.71 bits per heavy atom. The summed E-state index contributed by atoms with van der Waals surface area (Å²) < 4.78 is 11.0. The predicted octanol–water partition coefficient (Wildman–Crippen LogP) is 6.13. The van der Waals surface area contributed by atoms with Gasteiger partial charge in [0.1, 0.15) is 12.4 Å². The van der Waals surface area contributed by atoms with E-state index >= 15 is 0 Å². The number of hydrogen-bond acceptors (Lipinski definition) is 4. The molecule has 0 atom stereocenters. The van der Waals surface area contributed by atoms with Gasteiger partial charge in [-0.15, -0.1) is 0 Å². The molecule has 0 aromatic heterocycles. The van der Waals surface area contributed by atoms with Crippen molar-refractivity contribution in [1.29, 1.82) is 0 Å². The van der Waals surface area contributed by atoms with E-state index in [2.05, 4.69) is 5.32 Å². The second-order valence-corrected chi connectivity index (χ2v) is 7.37. The summed E-state index contributed by atoms with van der Waals surface area (Å²) >= 11 is 6.10. The van der Waals surface area contributed by atoms with Crippen LogP contribution in [0.3, 0.4) is 0 Å². The van der Waals surface area contributed by atoms with Crippen molar-refractivity contribution in [2.45, 2.75) is 26.4 Å². The Hall–Kier alpha value is -3.31. The number of halogens is 1. The normalized spacial score (nSPS) is 10.4. The molecule has 0 saturated carbocycles. The van der Waals surface area contributed by atoms with Crippen LogP contribution in [0.5, 0.6) is 5.75 Å². The molecule has 31 heavy (non-hydrogen) atoms. The molecular formula is C25H24ClNO4. The molecule has 0 aliphatic heterocycles. The fourth-order valence-corrected chi connectivity index (χ4v) is 2.99. The molecule has 6 heteroatoms. The Morgan fingerprint density at radius 1 is 0.968 bits per heavy atom. The van der Waals surface area contributed by atoms with Gasteiger partial charge in [-0.3, -0.25) is 4.79 Å². The standard InChI is InChI=1S/C25H24ClNO4/c1-2-3-15-30-25(29)19-9-12-21(13-10-19)27-24(28)22-16-20(26)11-14-23(22)31-17-18-7-5-4-6-8-18/h4-14,16H,2-3,15,17H2,1H3,(H,27,28). The summed E-state index contributed by atoms with van der Waals surface area (Å²) in [5, 5.41) is 3.25. The number of carbonyl (C=O) groups is 2. The first-order valence-corrected chi connectivity index (χ1v) is 10.5. The third-order valence-electron chi connectivity index (χ3n) is 4.53. The third kappa shape index (κ3) is 6.59. The lowest BCUT2D eigenvalue weighted by atomic mass is 10.1. The molecule has 160 valence electrons. The molecule has 3 aromatic carbocycles. The number of unbranched alkanes of at least 4 members (excludes halogenated alkanes) is 1. The Kier molecular flexibility index (Phi) is 8.07. The largest absolute Gasteiger partial charge is 0.488 e. The van der Waals surface area contributed by atoms with Crippen LogP contribution in [-0.4, -0.2) is 18.5 Å². The number of ether oxygens (including phenoxy) is 2. The summed E-state index contributed by atoms with van der Waals surface area (Å²) in [6, 6.07) is 21.2. The van der Waals surface area contributed by atoms with Crippen molar-refractivity contribution in [2.75, 3.05) is 11.9 Å². The second kappa shape index (κ2) is 11.2. The minimum Gasteiger partial charge on any atom is -0.488 e. The van der Waals surface area contributed by atoms with E-state index in [0.717, 1.165) is 18.4 Å². The van der Waals surface area contributed by atoms with Gasteiger partial charge < -0.3 is 14.8 Å². The molecule has 0 bridgehead atoms. The lowest BCUT2D eigenvalue weighted by molar-refractivity contribution is 0.0499. The molecule has 1 N–H and O–H groups in total. The van der Waals surface area contributed by atoms with Crippen LogP contribution in [0.4, 0.5) is 5.69 Å². The van der Waals surface area contributed by atoms with E-state index in [-0.39, 0.29) is 11.9 Å². The van der Waals surface area contributed by atoms with E-state index in [1.54, 1.807) is 42.5 Å². The quantitative estimate of drug-likeness (QED) is 0.323. The number of nitrogens with one attached hydrogen (secondary N) is 1. The van der Waals surface area contributed by atoms with Crippen molar-refractivity contribution < 1.29 is 19.1 Å². The summed E-state index contributed by atoms with van der Waals surface area (Å²) in [5.74, 6) is -0.302. The van der Waals surface area contributed by atoms with Gasteiger partial charge in [0.25, 0.3) is 5.91 Å². The van der Waals surface area contributed by atoms with Gasteiger partial charge in [-0.05, 0) is 54.4 Å². The second-order valence-electron chi connectivity index (χ2n) is 6.94. The van der Waals surface area contributed by atoms with Crippen molar-refractivity contribution in [1.82, 2.24) is 0 Å². The molecule has 0 radical (unpaired) electrons. The van der Waals surface area contributed by atoms with Crippen LogP contribution in [0.25, 0.3) is 0 Å². The Labute approximate surface area is 187 Å². The molecule has 1 amide bonds.